The van der Waals surface area contributed by atoms with Gasteiger partial charge in [-0.1, -0.05) is 6.07 Å². The molecule has 1 aromatic rings. The van der Waals surface area contributed by atoms with E-state index in [2.05, 4.69) is 15.4 Å². The van der Waals surface area contributed by atoms with Crippen LogP contribution in [0.3, 0.4) is 0 Å². The van der Waals surface area contributed by atoms with Crippen LogP contribution < -0.4 is 10.6 Å². The van der Waals surface area contributed by atoms with Crippen LogP contribution in [-0.4, -0.2) is 24.5 Å². The second-order valence-corrected chi connectivity index (χ2v) is 3.96. The fourth-order valence-corrected chi connectivity index (χ4v) is 1.14. The fraction of sp³-hybridized carbons (Fsp3) is 0.273. The van der Waals surface area contributed by atoms with Crippen LogP contribution in [0.15, 0.2) is 24.3 Å². The summed E-state index contributed by atoms with van der Waals surface area (Å²) in [6.45, 7) is 1.58. The molecule has 92 valence electrons. The highest BCUT2D eigenvalue weighted by Crippen LogP contribution is 2.15. The predicted octanol–water partition coefficient (Wildman–Crippen LogP) is 2.43. The molecular formula is C11H13ClN2O3. The summed E-state index contributed by atoms with van der Waals surface area (Å²) >= 11 is 5.62. The number of benzene rings is 1. The van der Waals surface area contributed by atoms with Crippen molar-refractivity contribution in [3.63, 3.8) is 0 Å². The molecule has 0 radical (unpaired) electrons. The quantitative estimate of drug-likeness (QED) is 0.816. The number of alkyl halides is 1. The van der Waals surface area contributed by atoms with Gasteiger partial charge in [0.25, 0.3) is 0 Å². The second kappa shape index (κ2) is 6.10. The van der Waals surface area contributed by atoms with E-state index in [1.54, 1.807) is 31.2 Å². The number of carbonyl (C=O) groups is 2. The minimum Gasteiger partial charge on any atom is -0.453 e. The van der Waals surface area contributed by atoms with Crippen LogP contribution in [0.25, 0.3) is 0 Å². The number of nitrogens with one attached hydrogen (secondary N) is 2. The maximum atomic E-state index is 11.3. The van der Waals surface area contributed by atoms with Crippen molar-refractivity contribution in [3.8, 4) is 0 Å². The minimum absolute atomic E-state index is 0.304. The molecule has 1 aromatic carbocycles. The van der Waals surface area contributed by atoms with E-state index in [0.29, 0.717) is 11.4 Å². The molecule has 0 aliphatic heterocycles. The lowest BCUT2D eigenvalue weighted by Crippen LogP contribution is -2.20. The van der Waals surface area contributed by atoms with Crippen molar-refractivity contribution in [2.24, 2.45) is 0 Å². The van der Waals surface area contributed by atoms with Gasteiger partial charge in [-0.25, -0.2) is 4.79 Å². The predicted molar refractivity (Wildman–Crippen MR) is 66.4 cm³/mol. The van der Waals surface area contributed by atoms with Crippen LogP contribution in [0.2, 0.25) is 0 Å². The Bertz CT molecular complexity index is 421. The van der Waals surface area contributed by atoms with Gasteiger partial charge in [-0.15, -0.1) is 11.6 Å². The van der Waals surface area contributed by atoms with Gasteiger partial charge in [0.15, 0.2) is 0 Å². The molecule has 0 saturated carbocycles. The molecule has 0 fully saturated rings. The summed E-state index contributed by atoms with van der Waals surface area (Å²) in [5.41, 5.74) is 1.08. The van der Waals surface area contributed by atoms with Crippen molar-refractivity contribution < 1.29 is 14.3 Å². The number of rotatable bonds is 3. The molecule has 0 saturated heterocycles. The van der Waals surface area contributed by atoms with Crippen LogP contribution in [0.5, 0.6) is 0 Å². The first-order chi connectivity index (χ1) is 8.02. The van der Waals surface area contributed by atoms with Gasteiger partial charge in [0.2, 0.25) is 5.91 Å². The van der Waals surface area contributed by atoms with E-state index in [4.69, 9.17) is 11.6 Å². The Morgan fingerprint density at radius 1 is 1.29 bits per heavy atom. The van der Waals surface area contributed by atoms with Crippen molar-refractivity contribution >= 4 is 35.0 Å². The van der Waals surface area contributed by atoms with Crippen molar-refractivity contribution in [3.05, 3.63) is 24.3 Å². The number of methoxy groups -OCH3 is 1. The Hall–Kier alpha value is -1.75. The zero-order chi connectivity index (χ0) is 12.8. The Morgan fingerprint density at radius 3 is 2.41 bits per heavy atom. The Morgan fingerprint density at radius 2 is 1.88 bits per heavy atom. The number of amides is 2. The van der Waals surface area contributed by atoms with Gasteiger partial charge in [-0.05, 0) is 25.1 Å². The molecule has 2 N–H and O–H groups in total. The molecule has 0 spiro atoms. The molecule has 0 aliphatic carbocycles. The summed E-state index contributed by atoms with van der Waals surface area (Å²) in [5, 5.41) is 4.48. The third-order valence-corrected chi connectivity index (χ3v) is 2.12. The van der Waals surface area contributed by atoms with Gasteiger partial charge in [0, 0.05) is 11.4 Å². The number of anilines is 2. The number of hydrogen-bond acceptors (Lipinski definition) is 3. The highest BCUT2D eigenvalue weighted by atomic mass is 35.5. The molecular weight excluding hydrogens is 244 g/mol. The maximum Gasteiger partial charge on any atom is 0.411 e. The third kappa shape index (κ3) is 4.32. The Kier molecular flexibility index (Phi) is 4.78. The molecule has 0 aliphatic rings. The highest BCUT2D eigenvalue weighted by molar-refractivity contribution is 6.32. The van der Waals surface area contributed by atoms with Crippen LogP contribution in [0, 0.1) is 0 Å². The first kappa shape index (κ1) is 13.3. The van der Waals surface area contributed by atoms with Gasteiger partial charge in [0.1, 0.15) is 5.38 Å². The summed E-state index contributed by atoms with van der Waals surface area (Å²) in [6.07, 6.45) is -0.570. The highest BCUT2D eigenvalue weighted by Gasteiger charge is 2.09. The number of halogens is 1. The number of carbonyl (C=O) groups excluding carboxylic acids is 2. The average Bonchev–Trinajstić information content (AvgIpc) is 2.29. The van der Waals surface area contributed by atoms with E-state index in [1.807, 2.05) is 0 Å². The van der Waals surface area contributed by atoms with Gasteiger partial charge in [-0.2, -0.15) is 0 Å². The lowest BCUT2D eigenvalue weighted by atomic mass is 10.2. The summed E-state index contributed by atoms with van der Waals surface area (Å²) in [6, 6.07) is 6.67. The van der Waals surface area contributed by atoms with Crippen molar-refractivity contribution in [1.29, 1.82) is 0 Å². The lowest BCUT2D eigenvalue weighted by Gasteiger charge is -2.08. The van der Waals surface area contributed by atoms with Crippen molar-refractivity contribution in [2.75, 3.05) is 17.7 Å². The normalized spacial score (nSPS) is 11.5. The summed E-state index contributed by atoms with van der Waals surface area (Å²) in [5.74, 6) is -0.304. The molecule has 17 heavy (non-hydrogen) atoms. The van der Waals surface area contributed by atoms with Crippen LogP contribution in [-0.2, 0) is 9.53 Å². The zero-order valence-electron chi connectivity index (χ0n) is 9.49. The minimum atomic E-state index is -0.618. The van der Waals surface area contributed by atoms with Gasteiger partial charge < -0.3 is 10.1 Å². The molecule has 5 nitrogen and oxygen atoms in total. The largest absolute Gasteiger partial charge is 0.453 e. The maximum absolute atomic E-state index is 11.3. The van der Waals surface area contributed by atoms with Crippen LogP contribution in [0.1, 0.15) is 6.92 Å². The smallest absolute Gasteiger partial charge is 0.411 e. The molecule has 1 atom stereocenters. The van der Waals surface area contributed by atoms with Crippen molar-refractivity contribution in [2.45, 2.75) is 12.3 Å². The summed E-state index contributed by atoms with van der Waals surface area (Å²) in [7, 11) is 1.27. The summed E-state index contributed by atoms with van der Waals surface area (Å²) in [4.78, 5) is 22.3. The van der Waals surface area contributed by atoms with E-state index in [-0.39, 0.29) is 5.91 Å². The molecule has 1 rings (SSSR count). The molecule has 0 bridgehead atoms. The summed E-state index contributed by atoms with van der Waals surface area (Å²) < 4.78 is 4.45. The third-order valence-electron chi connectivity index (χ3n) is 1.92. The lowest BCUT2D eigenvalue weighted by molar-refractivity contribution is -0.115. The topological polar surface area (TPSA) is 67.4 Å². The van der Waals surface area contributed by atoms with E-state index in [1.165, 1.54) is 7.11 Å². The standard InChI is InChI=1S/C11H13ClN2O3/c1-7(12)10(15)13-8-4-3-5-9(6-8)14-11(16)17-2/h3-7H,1-2H3,(H,13,15)(H,14,16). The van der Waals surface area contributed by atoms with E-state index in [0.717, 1.165) is 0 Å². The van der Waals surface area contributed by atoms with Crippen LogP contribution in [0.4, 0.5) is 16.2 Å². The Balaban J connectivity index is 2.72. The van der Waals surface area contributed by atoms with Crippen LogP contribution >= 0.6 is 11.6 Å². The number of hydrogen-bond donors (Lipinski definition) is 2. The monoisotopic (exact) mass is 256 g/mol. The van der Waals surface area contributed by atoms with E-state index in [9.17, 15) is 9.59 Å². The van der Waals surface area contributed by atoms with Gasteiger partial charge in [-0.3, -0.25) is 10.1 Å². The number of ether oxygens (including phenoxy) is 1. The van der Waals surface area contributed by atoms with Crippen molar-refractivity contribution in [1.82, 2.24) is 0 Å². The van der Waals surface area contributed by atoms with Gasteiger partial charge in [0.05, 0.1) is 7.11 Å². The van der Waals surface area contributed by atoms with E-state index < -0.39 is 11.5 Å². The first-order valence-corrected chi connectivity index (χ1v) is 5.36. The molecule has 0 aromatic heterocycles. The zero-order valence-corrected chi connectivity index (χ0v) is 10.2. The Labute approximate surface area is 104 Å². The fourth-order valence-electron chi connectivity index (χ4n) is 1.09. The van der Waals surface area contributed by atoms with E-state index >= 15 is 0 Å². The first-order valence-electron chi connectivity index (χ1n) is 4.93. The molecule has 0 heterocycles. The molecule has 6 heteroatoms. The second-order valence-electron chi connectivity index (χ2n) is 3.30. The average molecular weight is 257 g/mol. The SMILES string of the molecule is COC(=O)Nc1cccc(NC(=O)C(C)Cl)c1. The molecule has 1 unspecified atom stereocenters. The molecule has 2 amide bonds. The van der Waals surface area contributed by atoms with Gasteiger partial charge >= 0.3 is 6.09 Å².